The molecule has 0 spiro atoms. The van der Waals surface area contributed by atoms with Crippen LogP contribution in [0.1, 0.15) is 36.7 Å². The Bertz CT molecular complexity index is 949. The number of carbonyl (C=O) groups excluding carboxylic acids is 1. The number of methoxy groups -OCH3 is 2. The minimum atomic E-state index is -0.00575. The first kappa shape index (κ1) is 18.3. The lowest BCUT2D eigenvalue weighted by molar-refractivity contribution is -0.134. The average Bonchev–Trinajstić information content (AvgIpc) is 3.17. The molecule has 0 radical (unpaired) electrons. The zero-order valence-corrected chi connectivity index (χ0v) is 16.3. The molecule has 2 heterocycles. The van der Waals surface area contributed by atoms with Crippen LogP contribution >= 0.6 is 0 Å². The van der Waals surface area contributed by atoms with E-state index in [0.29, 0.717) is 17.9 Å². The average molecular weight is 379 g/mol. The van der Waals surface area contributed by atoms with E-state index in [1.807, 2.05) is 47.4 Å². The van der Waals surface area contributed by atoms with Crippen molar-refractivity contribution >= 4 is 16.9 Å². The van der Waals surface area contributed by atoms with Gasteiger partial charge in [0, 0.05) is 6.54 Å². The Kier molecular flexibility index (Phi) is 5.19. The van der Waals surface area contributed by atoms with E-state index in [0.717, 1.165) is 48.2 Å². The lowest BCUT2D eigenvalue weighted by Gasteiger charge is -2.34. The van der Waals surface area contributed by atoms with Crippen LogP contribution in [0.25, 0.3) is 11.0 Å². The summed E-state index contributed by atoms with van der Waals surface area (Å²) < 4.78 is 10.6. The largest absolute Gasteiger partial charge is 0.493 e. The number of nitrogens with one attached hydrogen (secondary N) is 1. The van der Waals surface area contributed by atoms with E-state index in [4.69, 9.17) is 14.5 Å². The number of hydrogen-bond acceptors (Lipinski definition) is 4. The van der Waals surface area contributed by atoms with E-state index in [2.05, 4.69) is 4.98 Å². The van der Waals surface area contributed by atoms with Crippen molar-refractivity contribution in [2.45, 2.75) is 31.7 Å². The molecule has 1 atom stereocenters. The molecule has 146 valence electrons. The Morgan fingerprint density at radius 2 is 1.96 bits per heavy atom. The number of ether oxygens (including phenoxy) is 2. The zero-order valence-electron chi connectivity index (χ0n) is 16.3. The van der Waals surface area contributed by atoms with Crippen molar-refractivity contribution in [1.82, 2.24) is 14.9 Å². The number of fused-ring (bicyclic) bond motifs is 1. The molecule has 1 aliphatic heterocycles. The SMILES string of the molecule is COc1ccc(CC(=O)N2CCCCC2c2nc3ccccc3[nH]2)cc1OC. The highest BCUT2D eigenvalue weighted by Gasteiger charge is 2.30. The first-order valence-corrected chi connectivity index (χ1v) is 9.64. The minimum Gasteiger partial charge on any atom is -0.493 e. The molecule has 0 saturated carbocycles. The van der Waals surface area contributed by atoms with Gasteiger partial charge in [-0.2, -0.15) is 0 Å². The molecule has 1 unspecified atom stereocenters. The lowest BCUT2D eigenvalue weighted by Crippen LogP contribution is -2.39. The van der Waals surface area contributed by atoms with Crippen molar-refractivity contribution in [2.24, 2.45) is 0 Å². The fourth-order valence-electron chi connectivity index (χ4n) is 3.91. The molecule has 28 heavy (non-hydrogen) atoms. The number of amides is 1. The number of benzene rings is 2. The third-order valence-corrected chi connectivity index (χ3v) is 5.35. The molecule has 3 aromatic rings. The second-order valence-corrected chi connectivity index (χ2v) is 7.10. The number of H-pyrrole nitrogens is 1. The standard InChI is InChI=1S/C22H25N3O3/c1-27-19-11-10-15(13-20(19)28-2)14-21(26)25-12-6-5-9-18(25)22-23-16-7-3-4-8-17(16)24-22/h3-4,7-8,10-11,13,18H,5-6,9,12,14H2,1-2H3,(H,23,24). The number of piperidine rings is 1. The van der Waals surface area contributed by atoms with E-state index in [-0.39, 0.29) is 11.9 Å². The van der Waals surface area contributed by atoms with Gasteiger partial charge in [-0.15, -0.1) is 0 Å². The van der Waals surface area contributed by atoms with Crippen LogP contribution in [0, 0.1) is 0 Å². The van der Waals surface area contributed by atoms with Gasteiger partial charge >= 0.3 is 0 Å². The summed E-state index contributed by atoms with van der Waals surface area (Å²) in [4.78, 5) is 23.2. The second kappa shape index (κ2) is 7.92. The number of para-hydroxylation sites is 2. The first-order chi connectivity index (χ1) is 13.7. The minimum absolute atomic E-state index is 0.00575. The van der Waals surface area contributed by atoms with Gasteiger partial charge in [0.2, 0.25) is 5.91 Å². The molecule has 2 aromatic carbocycles. The molecule has 0 aliphatic carbocycles. The van der Waals surface area contributed by atoms with Crippen LogP contribution in [0.15, 0.2) is 42.5 Å². The zero-order chi connectivity index (χ0) is 19.5. The van der Waals surface area contributed by atoms with Gasteiger partial charge < -0.3 is 19.4 Å². The molecule has 6 heteroatoms. The number of carbonyl (C=O) groups is 1. The van der Waals surface area contributed by atoms with Crippen LogP contribution in [0.3, 0.4) is 0 Å². The maximum absolute atomic E-state index is 13.1. The molecular formula is C22H25N3O3. The van der Waals surface area contributed by atoms with Gasteiger partial charge in [-0.3, -0.25) is 4.79 Å². The van der Waals surface area contributed by atoms with Crippen molar-refractivity contribution < 1.29 is 14.3 Å². The van der Waals surface area contributed by atoms with E-state index >= 15 is 0 Å². The van der Waals surface area contributed by atoms with E-state index in [9.17, 15) is 4.79 Å². The van der Waals surface area contributed by atoms with E-state index in [1.54, 1.807) is 14.2 Å². The first-order valence-electron chi connectivity index (χ1n) is 9.64. The van der Waals surface area contributed by atoms with Gasteiger partial charge in [0.25, 0.3) is 0 Å². The highest BCUT2D eigenvalue weighted by Crippen LogP contribution is 2.32. The predicted octanol–water partition coefficient (Wildman–Crippen LogP) is 3.88. The van der Waals surface area contributed by atoms with Crippen molar-refractivity contribution in [3.63, 3.8) is 0 Å². The number of hydrogen-bond donors (Lipinski definition) is 1. The Morgan fingerprint density at radius 1 is 1.14 bits per heavy atom. The van der Waals surface area contributed by atoms with Gasteiger partial charge in [0.1, 0.15) is 5.82 Å². The van der Waals surface area contributed by atoms with Crippen LogP contribution < -0.4 is 9.47 Å². The van der Waals surface area contributed by atoms with Crippen LogP contribution in [-0.2, 0) is 11.2 Å². The molecule has 1 amide bonds. The van der Waals surface area contributed by atoms with Gasteiger partial charge in [-0.1, -0.05) is 18.2 Å². The van der Waals surface area contributed by atoms with Crippen LogP contribution in [0.2, 0.25) is 0 Å². The monoisotopic (exact) mass is 379 g/mol. The number of imidazole rings is 1. The topological polar surface area (TPSA) is 67.5 Å². The number of likely N-dealkylation sites (tertiary alicyclic amines) is 1. The van der Waals surface area contributed by atoms with Crippen LogP contribution in [0.5, 0.6) is 11.5 Å². The Morgan fingerprint density at radius 3 is 2.75 bits per heavy atom. The quantitative estimate of drug-likeness (QED) is 0.731. The van der Waals surface area contributed by atoms with E-state index in [1.165, 1.54) is 0 Å². The summed E-state index contributed by atoms with van der Waals surface area (Å²) in [6.07, 6.45) is 3.38. The molecule has 6 nitrogen and oxygen atoms in total. The highest BCUT2D eigenvalue weighted by atomic mass is 16.5. The van der Waals surface area contributed by atoms with Crippen molar-refractivity contribution in [3.05, 3.63) is 53.9 Å². The fourth-order valence-corrected chi connectivity index (χ4v) is 3.91. The summed E-state index contributed by atoms with van der Waals surface area (Å²) in [7, 11) is 3.21. The smallest absolute Gasteiger partial charge is 0.227 e. The molecule has 1 aliphatic rings. The third kappa shape index (κ3) is 3.54. The normalized spacial score (nSPS) is 16.9. The second-order valence-electron chi connectivity index (χ2n) is 7.10. The molecule has 1 saturated heterocycles. The Balaban J connectivity index is 1.56. The van der Waals surface area contributed by atoms with Crippen molar-refractivity contribution in [2.75, 3.05) is 20.8 Å². The number of nitrogens with zero attached hydrogens (tertiary/aromatic N) is 2. The van der Waals surface area contributed by atoms with E-state index < -0.39 is 0 Å². The summed E-state index contributed by atoms with van der Waals surface area (Å²) in [6, 6.07) is 13.6. The van der Waals surface area contributed by atoms with Crippen LogP contribution in [-0.4, -0.2) is 41.5 Å². The highest BCUT2D eigenvalue weighted by molar-refractivity contribution is 5.80. The number of aromatic amines is 1. The van der Waals surface area contributed by atoms with Crippen LogP contribution in [0.4, 0.5) is 0 Å². The molecule has 1 aromatic heterocycles. The molecular weight excluding hydrogens is 354 g/mol. The number of rotatable bonds is 5. The summed E-state index contributed by atoms with van der Waals surface area (Å²) in [6.45, 7) is 0.758. The van der Waals surface area contributed by atoms with Crippen molar-refractivity contribution in [3.8, 4) is 11.5 Å². The summed E-state index contributed by atoms with van der Waals surface area (Å²) >= 11 is 0. The Labute approximate surface area is 164 Å². The summed E-state index contributed by atoms with van der Waals surface area (Å²) in [5.74, 6) is 2.29. The fraction of sp³-hybridized carbons (Fsp3) is 0.364. The maximum atomic E-state index is 13.1. The predicted molar refractivity (Wildman–Crippen MR) is 108 cm³/mol. The molecule has 1 N–H and O–H groups in total. The number of aromatic nitrogens is 2. The molecule has 4 rings (SSSR count). The van der Waals surface area contributed by atoms with Gasteiger partial charge in [-0.25, -0.2) is 4.98 Å². The van der Waals surface area contributed by atoms with Gasteiger partial charge in [-0.05, 0) is 49.1 Å². The van der Waals surface area contributed by atoms with Gasteiger partial charge in [0.15, 0.2) is 11.5 Å². The third-order valence-electron chi connectivity index (χ3n) is 5.35. The molecule has 0 bridgehead atoms. The van der Waals surface area contributed by atoms with Gasteiger partial charge in [0.05, 0.1) is 37.7 Å². The summed E-state index contributed by atoms with van der Waals surface area (Å²) in [5, 5.41) is 0. The molecule has 1 fully saturated rings. The Hall–Kier alpha value is -3.02. The lowest BCUT2D eigenvalue weighted by atomic mass is 10.00. The maximum Gasteiger partial charge on any atom is 0.227 e. The van der Waals surface area contributed by atoms with Crippen molar-refractivity contribution in [1.29, 1.82) is 0 Å². The summed E-state index contributed by atoms with van der Waals surface area (Å²) in [5.41, 5.74) is 2.86.